The molecule has 6 heteroatoms. The molecule has 140 valence electrons. The van der Waals surface area contributed by atoms with Gasteiger partial charge in [0, 0.05) is 17.7 Å². The van der Waals surface area contributed by atoms with Crippen LogP contribution in [0.25, 0.3) is 16.9 Å². The second-order valence-corrected chi connectivity index (χ2v) is 6.46. The number of benzene rings is 2. The van der Waals surface area contributed by atoms with E-state index in [2.05, 4.69) is 5.32 Å². The van der Waals surface area contributed by atoms with E-state index in [0.29, 0.717) is 17.2 Å². The number of fused-ring (bicyclic) bond motifs is 1. The van der Waals surface area contributed by atoms with Gasteiger partial charge in [-0.05, 0) is 43.5 Å². The van der Waals surface area contributed by atoms with Crippen molar-refractivity contribution in [2.24, 2.45) is 0 Å². The van der Waals surface area contributed by atoms with Gasteiger partial charge in [-0.25, -0.2) is 9.07 Å². The molecule has 0 aliphatic carbocycles. The van der Waals surface area contributed by atoms with Crippen LogP contribution in [-0.4, -0.2) is 30.5 Å². The largest absolute Gasteiger partial charge is 0.493 e. The Morgan fingerprint density at radius 1 is 1.04 bits per heavy atom. The minimum absolute atomic E-state index is 0.307. The number of rotatable bonds is 4. The smallest absolute Gasteiger partial charge is 0.170 e. The number of hydrogen-bond acceptors (Lipinski definition) is 4. The van der Waals surface area contributed by atoms with Gasteiger partial charge in [-0.15, -0.1) is 0 Å². The van der Waals surface area contributed by atoms with E-state index in [-0.39, 0.29) is 5.82 Å². The molecule has 0 amide bonds. The molecule has 0 spiro atoms. The van der Waals surface area contributed by atoms with E-state index < -0.39 is 0 Å². The number of aromatic nitrogens is 2. The lowest BCUT2D eigenvalue weighted by Gasteiger charge is -2.12. The van der Waals surface area contributed by atoms with Crippen LogP contribution in [0.4, 0.5) is 10.2 Å². The maximum absolute atomic E-state index is 14.5. The molecule has 1 aliphatic heterocycles. The Kier molecular flexibility index (Phi) is 4.71. The van der Waals surface area contributed by atoms with Crippen molar-refractivity contribution in [2.45, 2.75) is 19.3 Å². The highest BCUT2D eigenvalue weighted by Gasteiger charge is 2.25. The first-order chi connectivity index (χ1) is 13.2. The van der Waals surface area contributed by atoms with Crippen LogP contribution in [0.1, 0.15) is 18.4 Å². The van der Waals surface area contributed by atoms with Crippen LogP contribution in [0.15, 0.2) is 42.5 Å². The van der Waals surface area contributed by atoms with Gasteiger partial charge in [0.25, 0.3) is 0 Å². The molecule has 1 N–H and O–H groups in total. The Labute approximate surface area is 157 Å². The highest BCUT2D eigenvalue weighted by atomic mass is 19.1. The van der Waals surface area contributed by atoms with E-state index >= 15 is 0 Å². The number of anilines is 1. The van der Waals surface area contributed by atoms with E-state index in [1.54, 1.807) is 31.0 Å². The standard InChI is InChI=1S/C21H22FN3O2/c1-26-18-12-7-9-14(20(18)27-2)19-15-8-5-6-13-23-21(15)25(24-19)17-11-4-3-10-16(17)22/h3-4,7,9-12,23H,5-6,8,13H2,1-2H3. The number of ether oxygens (including phenoxy) is 2. The summed E-state index contributed by atoms with van der Waals surface area (Å²) < 4.78 is 27.2. The summed E-state index contributed by atoms with van der Waals surface area (Å²) in [5.74, 6) is 1.81. The molecule has 0 saturated carbocycles. The van der Waals surface area contributed by atoms with Crippen molar-refractivity contribution in [3.8, 4) is 28.4 Å². The van der Waals surface area contributed by atoms with Gasteiger partial charge in [0.05, 0.1) is 14.2 Å². The molecule has 0 unspecified atom stereocenters. The third-order valence-electron chi connectivity index (χ3n) is 4.87. The lowest BCUT2D eigenvalue weighted by Crippen LogP contribution is -2.08. The van der Waals surface area contributed by atoms with Crippen LogP contribution in [0, 0.1) is 5.82 Å². The third-order valence-corrected chi connectivity index (χ3v) is 4.87. The van der Waals surface area contributed by atoms with Gasteiger partial charge in [0.1, 0.15) is 23.0 Å². The minimum atomic E-state index is -0.307. The van der Waals surface area contributed by atoms with Crippen molar-refractivity contribution in [2.75, 3.05) is 26.1 Å². The summed E-state index contributed by atoms with van der Waals surface area (Å²) in [5, 5.41) is 8.23. The van der Waals surface area contributed by atoms with Gasteiger partial charge < -0.3 is 14.8 Å². The second kappa shape index (κ2) is 7.31. The number of nitrogens with one attached hydrogen (secondary N) is 1. The average molecular weight is 367 g/mol. The lowest BCUT2D eigenvalue weighted by molar-refractivity contribution is 0.356. The molecular weight excluding hydrogens is 345 g/mol. The molecule has 3 aromatic rings. The molecule has 1 aromatic heterocycles. The zero-order valence-electron chi connectivity index (χ0n) is 15.5. The summed E-state index contributed by atoms with van der Waals surface area (Å²) in [5.41, 5.74) is 3.13. The average Bonchev–Trinajstić information content (AvgIpc) is 2.88. The normalized spacial score (nSPS) is 13.4. The highest BCUT2D eigenvalue weighted by Crippen LogP contribution is 2.42. The molecule has 0 fully saturated rings. The predicted molar refractivity (Wildman–Crippen MR) is 103 cm³/mol. The van der Waals surface area contributed by atoms with Gasteiger partial charge in [0.15, 0.2) is 11.5 Å². The molecule has 0 bridgehead atoms. The Morgan fingerprint density at radius 2 is 1.89 bits per heavy atom. The quantitative estimate of drug-likeness (QED) is 0.740. The van der Waals surface area contributed by atoms with E-state index in [1.807, 2.05) is 24.3 Å². The number of nitrogens with zero attached hydrogens (tertiary/aromatic N) is 2. The van der Waals surface area contributed by atoms with Crippen LogP contribution in [0.3, 0.4) is 0 Å². The fourth-order valence-corrected chi connectivity index (χ4v) is 3.59. The minimum Gasteiger partial charge on any atom is -0.493 e. The number of halogens is 1. The predicted octanol–water partition coefficient (Wildman–Crippen LogP) is 4.44. The molecule has 27 heavy (non-hydrogen) atoms. The third kappa shape index (κ3) is 3.01. The van der Waals surface area contributed by atoms with Crippen LogP contribution in [0.2, 0.25) is 0 Å². The van der Waals surface area contributed by atoms with Gasteiger partial charge >= 0.3 is 0 Å². The molecule has 2 heterocycles. The zero-order valence-corrected chi connectivity index (χ0v) is 15.5. The Morgan fingerprint density at radius 3 is 2.67 bits per heavy atom. The van der Waals surface area contributed by atoms with Crippen LogP contribution < -0.4 is 14.8 Å². The van der Waals surface area contributed by atoms with E-state index in [0.717, 1.165) is 48.4 Å². The SMILES string of the molecule is COc1cccc(-c2nn(-c3ccccc3F)c3c2CCCCN3)c1OC. The molecule has 5 nitrogen and oxygen atoms in total. The topological polar surface area (TPSA) is 48.3 Å². The van der Waals surface area contributed by atoms with Gasteiger partial charge in [-0.3, -0.25) is 0 Å². The first kappa shape index (κ1) is 17.4. The van der Waals surface area contributed by atoms with Gasteiger partial charge in [-0.2, -0.15) is 5.10 Å². The van der Waals surface area contributed by atoms with Gasteiger partial charge in [-0.1, -0.05) is 18.2 Å². The van der Waals surface area contributed by atoms with Crippen molar-refractivity contribution < 1.29 is 13.9 Å². The van der Waals surface area contributed by atoms with Crippen molar-refractivity contribution in [3.05, 3.63) is 53.8 Å². The van der Waals surface area contributed by atoms with Crippen LogP contribution in [0.5, 0.6) is 11.5 Å². The molecule has 0 atom stereocenters. The summed E-state index contributed by atoms with van der Waals surface area (Å²) in [6.45, 7) is 0.835. The maximum Gasteiger partial charge on any atom is 0.170 e. The first-order valence-electron chi connectivity index (χ1n) is 9.06. The monoisotopic (exact) mass is 367 g/mol. The van der Waals surface area contributed by atoms with Crippen LogP contribution in [-0.2, 0) is 6.42 Å². The molecule has 0 saturated heterocycles. The molecule has 4 rings (SSSR count). The van der Waals surface area contributed by atoms with Crippen molar-refractivity contribution in [1.29, 1.82) is 0 Å². The Balaban J connectivity index is 1.97. The second-order valence-electron chi connectivity index (χ2n) is 6.46. The van der Waals surface area contributed by atoms with Crippen molar-refractivity contribution in [1.82, 2.24) is 9.78 Å². The summed E-state index contributed by atoms with van der Waals surface area (Å²) in [6, 6.07) is 12.4. The summed E-state index contributed by atoms with van der Waals surface area (Å²) in [7, 11) is 3.23. The molecule has 2 aromatic carbocycles. The number of hydrogen-bond donors (Lipinski definition) is 1. The maximum atomic E-state index is 14.5. The molecule has 0 radical (unpaired) electrons. The number of para-hydroxylation sites is 2. The van der Waals surface area contributed by atoms with E-state index in [9.17, 15) is 4.39 Å². The van der Waals surface area contributed by atoms with Crippen molar-refractivity contribution >= 4 is 5.82 Å². The van der Waals surface area contributed by atoms with Crippen molar-refractivity contribution in [3.63, 3.8) is 0 Å². The fraction of sp³-hybridized carbons (Fsp3) is 0.286. The lowest BCUT2D eigenvalue weighted by atomic mass is 10.0. The highest BCUT2D eigenvalue weighted by molar-refractivity contribution is 5.77. The molecule has 1 aliphatic rings. The van der Waals surface area contributed by atoms with Crippen LogP contribution >= 0.6 is 0 Å². The zero-order chi connectivity index (χ0) is 18.8. The summed E-state index contributed by atoms with van der Waals surface area (Å²) >= 11 is 0. The summed E-state index contributed by atoms with van der Waals surface area (Å²) in [6.07, 6.45) is 2.97. The first-order valence-corrected chi connectivity index (χ1v) is 9.06. The van der Waals surface area contributed by atoms with E-state index in [1.165, 1.54) is 6.07 Å². The summed E-state index contributed by atoms with van der Waals surface area (Å²) in [4.78, 5) is 0. The fourth-order valence-electron chi connectivity index (χ4n) is 3.59. The molecular formula is C21H22FN3O2. The number of methoxy groups -OCH3 is 2. The van der Waals surface area contributed by atoms with E-state index in [4.69, 9.17) is 14.6 Å². The Bertz CT molecular complexity index is 968. The Hall–Kier alpha value is -3.02. The van der Waals surface area contributed by atoms with Gasteiger partial charge in [0.2, 0.25) is 0 Å².